The number of ether oxygens (including phenoxy) is 1. The molecule has 2 aromatic rings. The molecule has 1 aromatic heterocycles. The predicted octanol–water partition coefficient (Wildman–Crippen LogP) is 2.97. The Kier molecular flexibility index (Phi) is 4.64. The molecule has 1 spiro atoms. The lowest BCUT2D eigenvalue weighted by Gasteiger charge is -2.38. The van der Waals surface area contributed by atoms with Crippen molar-refractivity contribution in [1.29, 1.82) is 0 Å². The molecule has 1 aromatic carbocycles. The lowest BCUT2D eigenvalue weighted by Crippen LogP contribution is -2.44. The lowest BCUT2D eigenvalue weighted by molar-refractivity contribution is 0.0607. The van der Waals surface area contributed by atoms with Crippen molar-refractivity contribution in [3.05, 3.63) is 48.3 Å². The second-order valence-corrected chi connectivity index (χ2v) is 7.41. The highest BCUT2D eigenvalue weighted by molar-refractivity contribution is 5.95. The number of nitrogens with zero attached hydrogens (tertiary/aromatic N) is 2. The molecular formula is C21H25N3O2. The Morgan fingerprint density at radius 2 is 1.88 bits per heavy atom. The second kappa shape index (κ2) is 7.08. The third-order valence-electron chi connectivity index (χ3n) is 5.85. The third kappa shape index (κ3) is 3.31. The van der Waals surface area contributed by atoms with Crippen LogP contribution in [-0.2, 0) is 0 Å². The van der Waals surface area contributed by atoms with Crippen LogP contribution in [0.1, 0.15) is 29.6 Å². The average molecular weight is 351 g/mol. The first-order chi connectivity index (χ1) is 12.7. The van der Waals surface area contributed by atoms with Gasteiger partial charge in [0.1, 0.15) is 5.75 Å². The summed E-state index contributed by atoms with van der Waals surface area (Å²) in [6.45, 7) is 3.89. The van der Waals surface area contributed by atoms with Gasteiger partial charge in [-0.25, -0.2) is 0 Å². The molecule has 5 nitrogen and oxygen atoms in total. The van der Waals surface area contributed by atoms with E-state index >= 15 is 0 Å². The minimum Gasteiger partial charge on any atom is -0.497 e. The van der Waals surface area contributed by atoms with E-state index in [2.05, 4.69) is 10.3 Å². The Bertz CT molecular complexity index is 772. The van der Waals surface area contributed by atoms with Gasteiger partial charge in [0.15, 0.2) is 0 Å². The lowest BCUT2D eigenvalue weighted by atomic mass is 9.78. The number of likely N-dealkylation sites (tertiary alicyclic amines) is 1. The average Bonchev–Trinajstić information content (AvgIpc) is 3.16. The van der Waals surface area contributed by atoms with Crippen molar-refractivity contribution in [3.63, 3.8) is 0 Å². The summed E-state index contributed by atoms with van der Waals surface area (Å²) in [4.78, 5) is 19.2. The van der Waals surface area contributed by atoms with Gasteiger partial charge in [-0.15, -0.1) is 0 Å². The maximum absolute atomic E-state index is 12.9. The highest BCUT2D eigenvalue weighted by Gasteiger charge is 2.38. The van der Waals surface area contributed by atoms with Crippen molar-refractivity contribution in [2.45, 2.75) is 19.3 Å². The van der Waals surface area contributed by atoms with Gasteiger partial charge in [0, 0.05) is 37.6 Å². The van der Waals surface area contributed by atoms with Crippen molar-refractivity contribution < 1.29 is 9.53 Å². The number of nitrogens with one attached hydrogen (secondary N) is 1. The molecule has 0 saturated carbocycles. The third-order valence-corrected chi connectivity index (χ3v) is 5.85. The number of hydrogen-bond donors (Lipinski definition) is 1. The van der Waals surface area contributed by atoms with E-state index in [1.165, 1.54) is 6.42 Å². The molecule has 136 valence electrons. The number of methoxy groups -OCH3 is 1. The molecule has 2 saturated heterocycles. The van der Waals surface area contributed by atoms with Crippen LogP contribution >= 0.6 is 0 Å². The number of carbonyl (C=O) groups is 1. The van der Waals surface area contributed by atoms with Gasteiger partial charge in [-0.05, 0) is 55.0 Å². The number of hydrogen-bond acceptors (Lipinski definition) is 4. The normalized spacial score (nSPS) is 18.9. The molecule has 0 radical (unpaired) electrons. The standard InChI is InChI=1S/C21H25N3O2/c1-26-19-4-2-16(3-5-19)17-12-18(14-23-13-17)20(25)24-10-7-21(8-11-24)6-9-22-15-21/h2-5,12-14,22H,6-11,15H2,1H3. The zero-order valence-electron chi connectivity index (χ0n) is 15.2. The van der Waals surface area contributed by atoms with Gasteiger partial charge in [-0.2, -0.15) is 0 Å². The second-order valence-electron chi connectivity index (χ2n) is 7.41. The van der Waals surface area contributed by atoms with Crippen LogP contribution in [0.4, 0.5) is 0 Å². The molecule has 26 heavy (non-hydrogen) atoms. The quantitative estimate of drug-likeness (QED) is 0.924. The van der Waals surface area contributed by atoms with E-state index in [1.54, 1.807) is 19.5 Å². The van der Waals surface area contributed by atoms with Crippen LogP contribution < -0.4 is 10.1 Å². The van der Waals surface area contributed by atoms with Crippen LogP contribution in [0.25, 0.3) is 11.1 Å². The Hall–Kier alpha value is -2.40. The first-order valence-corrected chi connectivity index (χ1v) is 9.29. The molecule has 2 fully saturated rings. The number of carbonyl (C=O) groups excluding carboxylic acids is 1. The summed E-state index contributed by atoms with van der Waals surface area (Å²) in [5.74, 6) is 0.909. The van der Waals surface area contributed by atoms with Crippen LogP contribution in [0.5, 0.6) is 5.75 Å². The molecule has 5 heteroatoms. The van der Waals surface area contributed by atoms with Crippen molar-refractivity contribution >= 4 is 5.91 Å². The minimum absolute atomic E-state index is 0.0914. The smallest absolute Gasteiger partial charge is 0.255 e. The van der Waals surface area contributed by atoms with Gasteiger partial charge in [-0.1, -0.05) is 12.1 Å². The maximum Gasteiger partial charge on any atom is 0.255 e. The first-order valence-electron chi connectivity index (χ1n) is 9.29. The van der Waals surface area contributed by atoms with Gasteiger partial charge < -0.3 is 15.0 Å². The van der Waals surface area contributed by atoms with E-state index in [9.17, 15) is 4.79 Å². The summed E-state index contributed by atoms with van der Waals surface area (Å²) in [7, 11) is 1.65. The molecule has 1 amide bonds. The van der Waals surface area contributed by atoms with Crippen molar-refractivity contribution in [2.75, 3.05) is 33.3 Å². The van der Waals surface area contributed by atoms with Crippen LogP contribution in [0.2, 0.25) is 0 Å². The minimum atomic E-state index is 0.0914. The molecule has 3 heterocycles. The van der Waals surface area contributed by atoms with Crippen LogP contribution in [0, 0.1) is 5.41 Å². The van der Waals surface area contributed by atoms with Gasteiger partial charge >= 0.3 is 0 Å². The summed E-state index contributed by atoms with van der Waals surface area (Å²) in [5.41, 5.74) is 3.06. The number of benzene rings is 1. The molecule has 0 bridgehead atoms. The van der Waals surface area contributed by atoms with Gasteiger partial charge in [-0.3, -0.25) is 9.78 Å². The monoisotopic (exact) mass is 351 g/mol. The predicted molar refractivity (Wildman–Crippen MR) is 101 cm³/mol. The highest BCUT2D eigenvalue weighted by atomic mass is 16.5. The first kappa shape index (κ1) is 17.0. The molecule has 0 aliphatic carbocycles. The molecule has 4 rings (SSSR count). The largest absolute Gasteiger partial charge is 0.497 e. The fourth-order valence-electron chi connectivity index (χ4n) is 4.09. The fraction of sp³-hybridized carbons (Fsp3) is 0.429. The van der Waals surface area contributed by atoms with E-state index < -0.39 is 0 Å². The number of rotatable bonds is 3. The van der Waals surface area contributed by atoms with Crippen LogP contribution in [0.3, 0.4) is 0 Å². The van der Waals surface area contributed by atoms with Crippen molar-refractivity contribution in [3.8, 4) is 16.9 Å². The number of piperidine rings is 1. The summed E-state index contributed by atoms with van der Waals surface area (Å²) in [6, 6.07) is 9.76. The van der Waals surface area contributed by atoms with E-state index in [-0.39, 0.29) is 5.91 Å². The molecule has 0 unspecified atom stereocenters. The molecule has 2 aliphatic rings. The van der Waals surface area contributed by atoms with Gasteiger partial charge in [0.2, 0.25) is 0 Å². The van der Waals surface area contributed by atoms with E-state index in [1.807, 2.05) is 35.2 Å². The Labute approximate surface area is 154 Å². The maximum atomic E-state index is 12.9. The fourth-order valence-corrected chi connectivity index (χ4v) is 4.09. The van der Waals surface area contributed by atoms with Crippen molar-refractivity contribution in [1.82, 2.24) is 15.2 Å². The molecule has 1 N–H and O–H groups in total. The van der Waals surface area contributed by atoms with Crippen LogP contribution in [0.15, 0.2) is 42.7 Å². The molecular weight excluding hydrogens is 326 g/mol. The van der Waals surface area contributed by atoms with E-state index in [0.717, 1.165) is 55.9 Å². The Morgan fingerprint density at radius 1 is 1.12 bits per heavy atom. The summed E-state index contributed by atoms with van der Waals surface area (Å²) >= 11 is 0. The van der Waals surface area contributed by atoms with E-state index in [4.69, 9.17) is 4.74 Å². The number of pyridine rings is 1. The van der Waals surface area contributed by atoms with Crippen molar-refractivity contribution in [2.24, 2.45) is 5.41 Å². The number of aromatic nitrogens is 1. The Morgan fingerprint density at radius 3 is 2.54 bits per heavy atom. The molecule has 2 aliphatic heterocycles. The zero-order valence-corrected chi connectivity index (χ0v) is 15.2. The number of amides is 1. The summed E-state index contributed by atoms with van der Waals surface area (Å²) in [6.07, 6.45) is 6.91. The Balaban J connectivity index is 1.48. The summed E-state index contributed by atoms with van der Waals surface area (Å²) in [5, 5.41) is 3.47. The summed E-state index contributed by atoms with van der Waals surface area (Å²) < 4.78 is 5.21. The van der Waals surface area contributed by atoms with Gasteiger partial charge in [0.05, 0.1) is 12.7 Å². The van der Waals surface area contributed by atoms with Gasteiger partial charge in [0.25, 0.3) is 5.91 Å². The highest BCUT2D eigenvalue weighted by Crippen LogP contribution is 2.37. The van der Waals surface area contributed by atoms with Crippen LogP contribution in [-0.4, -0.2) is 49.1 Å². The molecule has 0 atom stereocenters. The SMILES string of the molecule is COc1ccc(-c2cncc(C(=O)N3CCC4(CCNC4)CC3)c2)cc1. The topological polar surface area (TPSA) is 54.5 Å². The van der Waals surface area contributed by atoms with E-state index in [0.29, 0.717) is 11.0 Å². The zero-order chi connectivity index (χ0) is 18.0.